The van der Waals surface area contributed by atoms with E-state index in [4.69, 9.17) is 5.73 Å². The molecule has 1 unspecified atom stereocenters. The first-order valence-electron chi connectivity index (χ1n) is 11.2. The maximum absolute atomic E-state index is 13.6. The minimum atomic E-state index is -4.33. The van der Waals surface area contributed by atoms with Crippen molar-refractivity contribution in [2.75, 3.05) is 17.2 Å². The first-order chi connectivity index (χ1) is 17.7. The van der Waals surface area contributed by atoms with E-state index in [1.54, 1.807) is 72.8 Å². The van der Waals surface area contributed by atoms with Crippen LogP contribution < -0.4 is 15.4 Å². The molecule has 0 bridgehead atoms. The van der Waals surface area contributed by atoms with Crippen LogP contribution >= 0.6 is 0 Å². The Kier molecular flexibility index (Phi) is 6.15. The number of carbonyl (C=O) groups is 2. The number of fused-ring (bicyclic) bond motifs is 2. The maximum Gasteiger partial charge on any atom is 0.323 e. The van der Waals surface area contributed by atoms with Gasteiger partial charge in [-0.3, -0.25) is 24.5 Å². The summed E-state index contributed by atoms with van der Waals surface area (Å²) in [4.78, 5) is 34.9. The van der Waals surface area contributed by atoms with Crippen LogP contribution in [0.3, 0.4) is 0 Å². The van der Waals surface area contributed by atoms with Crippen LogP contribution in [-0.4, -0.2) is 48.8 Å². The van der Waals surface area contributed by atoms with Crippen molar-refractivity contribution in [3.05, 3.63) is 96.2 Å². The molecule has 0 saturated carbocycles. The van der Waals surface area contributed by atoms with Gasteiger partial charge in [0.15, 0.2) is 6.17 Å². The van der Waals surface area contributed by atoms with Crippen LogP contribution in [0.2, 0.25) is 0 Å². The monoisotopic (exact) mass is 515 g/mol. The lowest BCUT2D eigenvalue weighted by atomic mass is 10.00. The highest BCUT2D eigenvalue weighted by Gasteiger charge is 2.36. The number of carboxylic acids is 1. The number of carboxylic acid groups (broad SMARTS) is 1. The third-order valence-electron chi connectivity index (χ3n) is 5.81. The van der Waals surface area contributed by atoms with Crippen LogP contribution in [0, 0.1) is 0 Å². The summed E-state index contributed by atoms with van der Waals surface area (Å²) in [5.41, 5.74) is 8.20. The summed E-state index contributed by atoms with van der Waals surface area (Å²) in [5.74, 6) is -2.11. The number of aliphatic imine (C=N–C) groups is 1. The van der Waals surface area contributed by atoms with Crippen molar-refractivity contribution in [1.29, 1.82) is 0 Å². The summed E-state index contributed by atoms with van der Waals surface area (Å²) in [6.45, 7) is -0.691. The number of benzodiazepines with no additional fused rings is 1. The van der Waals surface area contributed by atoms with Crippen LogP contribution in [-0.2, 0) is 19.6 Å². The highest BCUT2D eigenvalue weighted by molar-refractivity contribution is 7.89. The lowest BCUT2D eigenvalue weighted by Gasteiger charge is -2.23. The van der Waals surface area contributed by atoms with E-state index in [1.165, 1.54) is 12.3 Å². The van der Waals surface area contributed by atoms with Crippen LogP contribution in [0.5, 0.6) is 0 Å². The number of nitrogens with one attached hydrogen (secondary N) is 1. The van der Waals surface area contributed by atoms with Gasteiger partial charge in [-0.05, 0) is 30.3 Å². The smallest absolute Gasteiger partial charge is 0.323 e. The van der Waals surface area contributed by atoms with Gasteiger partial charge in [-0.25, -0.2) is 8.42 Å². The van der Waals surface area contributed by atoms with Gasteiger partial charge in [-0.15, -0.1) is 0 Å². The van der Waals surface area contributed by atoms with E-state index in [0.717, 1.165) is 4.90 Å². The predicted octanol–water partition coefficient (Wildman–Crippen LogP) is 2.39. The number of hydrogen-bond acceptors (Lipinski definition) is 7. The van der Waals surface area contributed by atoms with Gasteiger partial charge in [0.1, 0.15) is 11.4 Å². The summed E-state index contributed by atoms with van der Waals surface area (Å²) in [6.07, 6.45) is -0.188. The van der Waals surface area contributed by atoms with E-state index in [0.29, 0.717) is 22.2 Å². The number of nitrogens with two attached hydrogens (primary N) is 1. The van der Waals surface area contributed by atoms with E-state index < -0.39 is 34.6 Å². The molecule has 3 aromatic carbocycles. The van der Waals surface area contributed by atoms with Gasteiger partial charge in [-0.1, -0.05) is 48.5 Å². The molecule has 186 valence electrons. The standard InChI is InChI=1S/C26H21N5O5S/c27-18-9-3-7-17(14-18)23-19-10-1-2-11-20(19)31(15-22(32)33)26(34)25(29-23)30-37(35,36)21-12-4-6-16-8-5-13-28-24(16)21/h1-14,25,30H,15,27H2,(H,32,33). The van der Waals surface area contributed by atoms with Crippen molar-refractivity contribution in [3.63, 3.8) is 0 Å². The molecular formula is C26H21N5O5S. The Bertz CT molecular complexity index is 1680. The van der Waals surface area contributed by atoms with Gasteiger partial charge in [0.05, 0.1) is 16.9 Å². The zero-order valence-electron chi connectivity index (χ0n) is 19.3. The van der Waals surface area contributed by atoms with Crippen LogP contribution in [0.1, 0.15) is 11.1 Å². The number of sulfonamides is 1. The summed E-state index contributed by atoms with van der Waals surface area (Å²) in [6, 6.07) is 21.5. The summed E-state index contributed by atoms with van der Waals surface area (Å²) in [7, 11) is -4.33. The van der Waals surface area contributed by atoms with Crippen molar-refractivity contribution in [2.45, 2.75) is 11.1 Å². The molecule has 1 aliphatic heterocycles. The van der Waals surface area contributed by atoms with Gasteiger partial charge < -0.3 is 10.8 Å². The largest absolute Gasteiger partial charge is 0.480 e. The Morgan fingerprint density at radius 2 is 1.78 bits per heavy atom. The normalized spacial score (nSPS) is 15.7. The summed E-state index contributed by atoms with van der Waals surface area (Å²) < 4.78 is 29.5. The fraction of sp³-hybridized carbons (Fsp3) is 0.0769. The fourth-order valence-corrected chi connectivity index (χ4v) is 5.48. The molecule has 1 aliphatic rings. The third-order valence-corrected chi connectivity index (χ3v) is 7.26. The van der Waals surface area contributed by atoms with E-state index in [9.17, 15) is 23.1 Å². The zero-order chi connectivity index (χ0) is 26.2. The first kappa shape index (κ1) is 24.1. The Morgan fingerprint density at radius 1 is 1.03 bits per heavy atom. The van der Waals surface area contributed by atoms with Gasteiger partial charge in [-0.2, -0.15) is 4.72 Å². The molecular weight excluding hydrogens is 494 g/mol. The number of hydrogen-bond donors (Lipinski definition) is 3. The number of rotatable bonds is 6. The molecule has 2 heterocycles. The molecule has 0 spiro atoms. The second-order valence-electron chi connectivity index (χ2n) is 8.29. The maximum atomic E-state index is 13.6. The van der Waals surface area contributed by atoms with Crippen LogP contribution in [0.25, 0.3) is 10.9 Å². The molecule has 11 heteroatoms. The number of pyridine rings is 1. The summed E-state index contributed by atoms with van der Waals surface area (Å²) in [5, 5.41) is 10.1. The van der Waals surface area contributed by atoms with E-state index >= 15 is 0 Å². The molecule has 5 rings (SSSR count). The molecule has 0 fully saturated rings. The number of nitrogen functional groups attached to an aromatic ring is 1. The van der Waals surface area contributed by atoms with Crippen molar-refractivity contribution in [2.24, 2.45) is 4.99 Å². The average Bonchev–Trinajstić information content (AvgIpc) is 2.98. The number of anilines is 2. The number of nitrogens with zero attached hydrogens (tertiary/aromatic N) is 3. The molecule has 1 atom stereocenters. The van der Waals surface area contributed by atoms with Crippen molar-refractivity contribution in [3.8, 4) is 0 Å². The van der Waals surface area contributed by atoms with Crippen molar-refractivity contribution in [1.82, 2.24) is 9.71 Å². The lowest BCUT2D eigenvalue weighted by molar-refractivity contribution is -0.136. The number of aliphatic carboxylic acids is 1. The SMILES string of the molecule is Nc1cccc(C2=NC(NS(=O)(=O)c3cccc4cccnc34)C(=O)N(CC(=O)O)c3ccccc32)c1. The van der Waals surface area contributed by atoms with E-state index in [1.807, 2.05) is 0 Å². The highest BCUT2D eigenvalue weighted by Crippen LogP contribution is 2.29. The minimum absolute atomic E-state index is 0.134. The number of benzene rings is 3. The lowest BCUT2D eigenvalue weighted by Crippen LogP contribution is -2.48. The number of carbonyl (C=O) groups excluding carboxylic acids is 1. The predicted molar refractivity (Wildman–Crippen MR) is 139 cm³/mol. The molecule has 0 aliphatic carbocycles. The second-order valence-corrected chi connectivity index (χ2v) is 9.98. The van der Waals surface area contributed by atoms with Crippen LogP contribution in [0.4, 0.5) is 11.4 Å². The zero-order valence-corrected chi connectivity index (χ0v) is 20.1. The number of amides is 1. The molecule has 0 radical (unpaired) electrons. The molecule has 10 nitrogen and oxygen atoms in total. The third kappa shape index (κ3) is 4.65. The van der Waals surface area contributed by atoms with Gasteiger partial charge in [0, 0.05) is 28.4 Å². The first-order valence-corrected chi connectivity index (χ1v) is 12.7. The average molecular weight is 516 g/mol. The fourth-order valence-electron chi connectivity index (χ4n) is 4.22. The van der Waals surface area contributed by atoms with Crippen LogP contribution in [0.15, 0.2) is 94.9 Å². The van der Waals surface area contributed by atoms with Gasteiger partial charge >= 0.3 is 5.97 Å². The molecule has 37 heavy (non-hydrogen) atoms. The topological polar surface area (TPSA) is 155 Å². The summed E-state index contributed by atoms with van der Waals surface area (Å²) >= 11 is 0. The Labute approximate surface area is 212 Å². The Hall–Kier alpha value is -4.61. The second kappa shape index (κ2) is 9.45. The number of aromatic nitrogens is 1. The van der Waals surface area contributed by atoms with E-state index in [-0.39, 0.29) is 21.8 Å². The quantitative estimate of drug-likeness (QED) is 0.333. The van der Waals surface area contributed by atoms with E-state index in [2.05, 4.69) is 14.7 Å². The van der Waals surface area contributed by atoms with Gasteiger partial charge in [0.25, 0.3) is 5.91 Å². The molecule has 1 amide bonds. The molecule has 0 saturated heterocycles. The molecule has 4 aromatic rings. The Balaban J connectivity index is 1.68. The minimum Gasteiger partial charge on any atom is -0.480 e. The molecule has 4 N–H and O–H groups in total. The highest BCUT2D eigenvalue weighted by atomic mass is 32.2. The molecule has 1 aromatic heterocycles. The van der Waals surface area contributed by atoms with Gasteiger partial charge in [0.2, 0.25) is 10.0 Å². The number of para-hydroxylation sites is 2. The van der Waals surface area contributed by atoms with Crippen molar-refractivity contribution >= 4 is 49.9 Å². The Morgan fingerprint density at radius 3 is 2.57 bits per heavy atom. The van der Waals surface area contributed by atoms with Crippen molar-refractivity contribution < 1.29 is 23.1 Å².